The highest BCUT2D eigenvalue weighted by Gasteiger charge is 2.09. The zero-order valence-electron chi connectivity index (χ0n) is 11.5. The standard InChI is InChI=1S/C16H21NO.ClH/c1-2-3-4-5-6-9-13-12-16(18)14-10-7-8-11-15(14)17-13;/h7-8,10-12H,2-6,9H2,1H3,(H,17,18);1H. The predicted octanol–water partition coefficient (Wildman–Crippen LogP) is 0.876. The van der Waals surface area contributed by atoms with Gasteiger partial charge in [0, 0.05) is 18.6 Å². The molecule has 19 heavy (non-hydrogen) atoms. The molecule has 2 nitrogen and oxygen atoms in total. The molecule has 1 aromatic heterocycles. The Morgan fingerprint density at radius 3 is 2.58 bits per heavy atom. The van der Waals surface area contributed by atoms with E-state index in [1.165, 1.54) is 32.1 Å². The molecule has 0 unspecified atom stereocenters. The summed E-state index contributed by atoms with van der Waals surface area (Å²) < 4.78 is 0. The van der Waals surface area contributed by atoms with Crippen molar-refractivity contribution in [2.24, 2.45) is 0 Å². The van der Waals surface area contributed by atoms with Crippen molar-refractivity contribution in [2.45, 2.75) is 45.4 Å². The highest BCUT2D eigenvalue weighted by Crippen LogP contribution is 2.22. The minimum atomic E-state index is 0. The van der Waals surface area contributed by atoms with Crippen molar-refractivity contribution in [2.75, 3.05) is 0 Å². The maximum Gasteiger partial charge on any atom is 0.214 e. The Morgan fingerprint density at radius 1 is 1.05 bits per heavy atom. The van der Waals surface area contributed by atoms with E-state index >= 15 is 0 Å². The topological polar surface area (TPSA) is 34.4 Å². The van der Waals surface area contributed by atoms with Crippen LogP contribution in [-0.2, 0) is 6.42 Å². The van der Waals surface area contributed by atoms with E-state index < -0.39 is 0 Å². The van der Waals surface area contributed by atoms with Gasteiger partial charge < -0.3 is 17.5 Å². The lowest BCUT2D eigenvalue weighted by molar-refractivity contribution is -0.357. The number of pyridine rings is 1. The van der Waals surface area contributed by atoms with Crippen LogP contribution in [-0.4, -0.2) is 5.11 Å². The number of fused-ring (bicyclic) bond motifs is 1. The molecular formula is C16H22ClNO. The average molecular weight is 280 g/mol. The van der Waals surface area contributed by atoms with Gasteiger partial charge in [0.05, 0.1) is 5.39 Å². The maximum absolute atomic E-state index is 9.97. The molecule has 104 valence electrons. The first-order chi connectivity index (χ1) is 8.81. The Balaban J connectivity index is 0.00000180. The molecule has 0 spiro atoms. The van der Waals surface area contributed by atoms with Crippen molar-refractivity contribution in [3.63, 3.8) is 0 Å². The lowest BCUT2D eigenvalue weighted by Crippen LogP contribution is -3.00. The normalized spacial score (nSPS) is 10.4. The molecule has 0 radical (unpaired) electrons. The van der Waals surface area contributed by atoms with Gasteiger partial charge in [-0.05, 0) is 12.5 Å². The zero-order chi connectivity index (χ0) is 12.8. The summed E-state index contributed by atoms with van der Waals surface area (Å²) in [6.45, 7) is 2.23. The zero-order valence-corrected chi connectivity index (χ0v) is 12.2. The van der Waals surface area contributed by atoms with Crippen molar-refractivity contribution >= 4 is 10.9 Å². The Morgan fingerprint density at radius 2 is 1.79 bits per heavy atom. The van der Waals surface area contributed by atoms with E-state index in [0.717, 1.165) is 23.0 Å². The first-order valence-electron chi connectivity index (χ1n) is 6.94. The van der Waals surface area contributed by atoms with Crippen LogP contribution >= 0.6 is 0 Å². The monoisotopic (exact) mass is 279 g/mol. The number of benzene rings is 1. The summed E-state index contributed by atoms with van der Waals surface area (Å²) in [4.78, 5) is 3.40. The second kappa shape index (κ2) is 8.00. The van der Waals surface area contributed by atoms with Crippen LogP contribution < -0.4 is 17.4 Å². The quantitative estimate of drug-likeness (QED) is 0.783. The number of aromatic hydroxyl groups is 1. The van der Waals surface area contributed by atoms with Crippen LogP contribution in [0.3, 0.4) is 0 Å². The molecule has 1 heterocycles. The third-order valence-electron chi connectivity index (χ3n) is 3.36. The molecule has 0 amide bonds. The number of H-pyrrole nitrogens is 1. The number of halogens is 1. The average Bonchev–Trinajstić information content (AvgIpc) is 2.39. The minimum absolute atomic E-state index is 0. The van der Waals surface area contributed by atoms with Gasteiger partial charge in [-0.25, -0.2) is 4.98 Å². The summed E-state index contributed by atoms with van der Waals surface area (Å²) in [5.74, 6) is 0.382. The van der Waals surface area contributed by atoms with E-state index in [4.69, 9.17) is 0 Å². The number of nitrogens with one attached hydrogen (secondary N) is 1. The van der Waals surface area contributed by atoms with E-state index in [0.29, 0.717) is 5.75 Å². The SMILES string of the molecule is CCCCCCCc1cc(O)c2ccccc2[nH+]1.[Cl-]. The number of unbranched alkanes of at least 4 members (excludes halogenated alkanes) is 4. The van der Waals surface area contributed by atoms with Crippen molar-refractivity contribution in [3.8, 4) is 5.75 Å². The summed E-state index contributed by atoms with van der Waals surface area (Å²) >= 11 is 0. The molecule has 0 atom stereocenters. The lowest BCUT2D eigenvalue weighted by Gasteiger charge is -2.00. The van der Waals surface area contributed by atoms with Crippen LogP contribution in [0.25, 0.3) is 10.9 Å². The maximum atomic E-state index is 9.97. The molecule has 2 N–H and O–H groups in total. The first kappa shape index (κ1) is 15.8. The fraction of sp³-hybridized carbons (Fsp3) is 0.438. The van der Waals surface area contributed by atoms with Gasteiger partial charge in [-0.3, -0.25) is 0 Å². The van der Waals surface area contributed by atoms with Gasteiger partial charge in [0.25, 0.3) is 0 Å². The number of aromatic nitrogens is 1. The van der Waals surface area contributed by atoms with Crippen molar-refractivity contribution in [1.29, 1.82) is 0 Å². The Kier molecular flexibility index (Phi) is 6.65. The number of hydrogen-bond donors (Lipinski definition) is 1. The van der Waals surface area contributed by atoms with Crippen LogP contribution in [0.1, 0.15) is 44.7 Å². The van der Waals surface area contributed by atoms with E-state index in [-0.39, 0.29) is 12.4 Å². The van der Waals surface area contributed by atoms with E-state index in [1.54, 1.807) is 0 Å². The number of aromatic amines is 1. The minimum Gasteiger partial charge on any atom is -1.00 e. The molecule has 1 aromatic carbocycles. The van der Waals surface area contributed by atoms with E-state index in [9.17, 15) is 5.11 Å². The number of para-hydroxylation sites is 1. The largest absolute Gasteiger partial charge is 1.00 e. The highest BCUT2D eigenvalue weighted by molar-refractivity contribution is 5.81. The summed E-state index contributed by atoms with van der Waals surface area (Å²) in [5.41, 5.74) is 2.14. The second-order valence-electron chi connectivity index (χ2n) is 4.89. The fourth-order valence-corrected chi connectivity index (χ4v) is 2.32. The van der Waals surface area contributed by atoms with Gasteiger partial charge in [-0.1, -0.05) is 44.7 Å². The van der Waals surface area contributed by atoms with Crippen LogP contribution in [0.2, 0.25) is 0 Å². The van der Waals surface area contributed by atoms with Gasteiger partial charge in [-0.15, -0.1) is 0 Å². The Bertz CT molecular complexity index is 513. The van der Waals surface area contributed by atoms with Gasteiger partial charge in [0.15, 0.2) is 5.69 Å². The molecule has 3 heteroatoms. The number of rotatable bonds is 6. The van der Waals surface area contributed by atoms with Crippen molar-refractivity contribution in [1.82, 2.24) is 0 Å². The smallest absolute Gasteiger partial charge is 0.214 e. The lowest BCUT2D eigenvalue weighted by atomic mass is 10.1. The molecule has 0 saturated heterocycles. The molecule has 0 aliphatic rings. The fourth-order valence-electron chi connectivity index (χ4n) is 2.32. The van der Waals surface area contributed by atoms with Crippen LogP contribution in [0.4, 0.5) is 0 Å². The summed E-state index contributed by atoms with van der Waals surface area (Å²) in [7, 11) is 0. The number of hydrogen-bond acceptors (Lipinski definition) is 1. The molecule has 0 aliphatic heterocycles. The molecule has 0 aliphatic carbocycles. The third-order valence-corrected chi connectivity index (χ3v) is 3.36. The molecular weight excluding hydrogens is 258 g/mol. The third kappa shape index (κ3) is 4.39. The Hall–Kier alpha value is -1.28. The molecule has 0 saturated carbocycles. The van der Waals surface area contributed by atoms with Crippen LogP contribution in [0.15, 0.2) is 30.3 Å². The van der Waals surface area contributed by atoms with Gasteiger partial charge in [-0.2, -0.15) is 0 Å². The first-order valence-corrected chi connectivity index (χ1v) is 6.94. The highest BCUT2D eigenvalue weighted by atomic mass is 35.5. The Labute approximate surface area is 121 Å². The summed E-state index contributed by atoms with van der Waals surface area (Å²) in [6, 6.07) is 9.74. The molecule has 0 bridgehead atoms. The molecule has 2 rings (SSSR count). The van der Waals surface area contributed by atoms with E-state index in [1.807, 2.05) is 30.3 Å². The van der Waals surface area contributed by atoms with Crippen molar-refractivity contribution < 1.29 is 22.5 Å². The van der Waals surface area contributed by atoms with Gasteiger partial charge in [0.1, 0.15) is 5.75 Å². The van der Waals surface area contributed by atoms with Crippen molar-refractivity contribution in [3.05, 3.63) is 36.0 Å². The number of aryl methyl sites for hydroxylation is 1. The van der Waals surface area contributed by atoms with Gasteiger partial charge in [0.2, 0.25) is 5.52 Å². The predicted molar refractivity (Wildman–Crippen MR) is 74.6 cm³/mol. The van der Waals surface area contributed by atoms with Crippen LogP contribution in [0.5, 0.6) is 5.75 Å². The van der Waals surface area contributed by atoms with Crippen LogP contribution in [0, 0.1) is 0 Å². The summed E-state index contributed by atoms with van der Waals surface area (Å²) in [5, 5.41) is 10.9. The molecule has 2 aromatic rings. The summed E-state index contributed by atoms with van der Waals surface area (Å²) in [6.07, 6.45) is 7.40. The second-order valence-corrected chi connectivity index (χ2v) is 4.89. The van der Waals surface area contributed by atoms with E-state index in [2.05, 4.69) is 11.9 Å². The molecule has 0 fully saturated rings. The van der Waals surface area contributed by atoms with Gasteiger partial charge >= 0.3 is 0 Å².